The van der Waals surface area contributed by atoms with Crippen LogP contribution in [0.4, 0.5) is 26.0 Å². The van der Waals surface area contributed by atoms with Crippen LogP contribution in [-0.4, -0.2) is 34.2 Å². The van der Waals surface area contributed by atoms with Crippen LogP contribution in [0.3, 0.4) is 0 Å². The Kier molecular flexibility index (Phi) is 9.77. The maximum absolute atomic E-state index is 13.3. The Hall–Kier alpha value is -2.60. The van der Waals surface area contributed by atoms with Gasteiger partial charge < -0.3 is 15.6 Å². The van der Waals surface area contributed by atoms with Crippen molar-refractivity contribution in [2.45, 2.75) is 72.1 Å². The molecule has 6 nitrogen and oxygen atoms in total. The van der Waals surface area contributed by atoms with Crippen molar-refractivity contribution < 1.29 is 13.6 Å². The Morgan fingerprint density at radius 3 is 2.28 bits per heavy atom. The first-order valence-corrected chi connectivity index (χ1v) is 15.2. The molecule has 0 radical (unpaired) electrons. The molecule has 3 aromatic rings. The fourth-order valence-electron chi connectivity index (χ4n) is 4.01. The molecule has 1 aromatic carbocycles. The molecule has 2 aromatic heterocycles. The van der Waals surface area contributed by atoms with Gasteiger partial charge in [-0.1, -0.05) is 48.1 Å². The number of nitrogens with zero attached hydrogens (tertiary/aromatic N) is 2. The lowest BCUT2D eigenvalue weighted by molar-refractivity contribution is -0.117. The molecule has 0 bridgehead atoms. The third-order valence-electron chi connectivity index (χ3n) is 6.24. The third kappa shape index (κ3) is 6.39. The van der Waals surface area contributed by atoms with Gasteiger partial charge >= 0.3 is 0 Å². The van der Waals surface area contributed by atoms with Gasteiger partial charge in [-0.05, 0) is 67.9 Å². The number of nitrogens with one attached hydrogen (secondary N) is 3. The van der Waals surface area contributed by atoms with Crippen molar-refractivity contribution in [3.05, 3.63) is 35.7 Å². The van der Waals surface area contributed by atoms with Crippen molar-refractivity contribution in [3.63, 3.8) is 0 Å². The number of aromatic nitrogens is 3. The zero-order chi connectivity index (χ0) is 26.4. The summed E-state index contributed by atoms with van der Waals surface area (Å²) in [5, 5.41) is 7.46. The van der Waals surface area contributed by atoms with Gasteiger partial charge in [-0.25, -0.2) is 18.7 Å². The van der Waals surface area contributed by atoms with Gasteiger partial charge in [0.2, 0.25) is 5.91 Å². The van der Waals surface area contributed by atoms with E-state index in [0.29, 0.717) is 22.9 Å². The molecule has 2 aliphatic carbocycles. The molecule has 196 valence electrons. The Morgan fingerprint density at radius 1 is 1.03 bits per heavy atom. The lowest BCUT2D eigenvalue weighted by Crippen LogP contribution is -2.15. The second-order valence-corrected chi connectivity index (χ2v) is 11.1. The fraction of sp³-hybridized carbons (Fsp3) is 0.519. The summed E-state index contributed by atoms with van der Waals surface area (Å²) in [6.07, 6.45) is 2.74. The minimum atomic E-state index is -2.74. The van der Waals surface area contributed by atoms with Crippen LogP contribution in [0.2, 0.25) is 0 Å². The number of alkyl halides is 2. The molecule has 9 heteroatoms. The van der Waals surface area contributed by atoms with E-state index in [2.05, 4.69) is 57.1 Å². The number of fused-ring (bicyclic) bond motifs is 1. The molecule has 2 aliphatic rings. The number of H-pyrrole nitrogens is 1. The summed E-state index contributed by atoms with van der Waals surface area (Å²) in [7, 11) is -0.398. The maximum atomic E-state index is 13.3. The molecular formula is C27H38F2N5OP. The van der Waals surface area contributed by atoms with Gasteiger partial charge in [0.25, 0.3) is 6.43 Å². The molecule has 36 heavy (non-hydrogen) atoms. The molecule has 0 atom stereocenters. The Morgan fingerprint density at radius 2 is 1.72 bits per heavy atom. The van der Waals surface area contributed by atoms with Crippen molar-refractivity contribution in [2.24, 2.45) is 5.92 Å². The number of halogens is 2. The maximum Gasteiger partial charge on any atom is 0.295 e. The third-order valence-corrected chi connectivity index (χ3v) is 7.57. The lowest BCUT2D eigenvalue weighted by Gasteiger charge is -2.27. The van der Waals surface area contributed by atoms with Crippen LogP contribution >= 0.6 is 7.92 Å². The highest BCUT2D eigenvalue weighted by Gasteiger charge is 2.30. The lowest BCUT2D eigenvalue weighted by atomic mass is 9.80. The molecule has 0 saturated heterocycles. The van der Waals surface area contributed by atoms with Gasteiger partial charge in [-0.15, -0.1) is 0 Å². The topological polar surface area (TPSA) is 82.7 Å². The number of hydrogen-bond acceptors (Lipinski definition) is 4. The monoisotopic (exact) mass is 517 g/mol. The average molecular weight is 518 g/mol. The van der Waals surface area contributed by atoms with E-state index in [-0.39, 0.29) is 17.5 Å². The molecule has 3 N–H and O–H groups in total. The van der Waals surface area contributed by atoms with Crippen molar-refractivity contribution in [2.75, 3.05) is 24.0 Å². The quantitative estimate of drug-likeness (QED) is 0.281. The molecule has 0 unspecified atom stereocenters. The number of benzene rings is 1. The number of carbonyl (C=O) groups is 1. The number of imidazole rings is 1. The zero-order valence-electron chi connectivity index (χ0n) is 22.1. The molecule has 2 heterocycles. The van der Waals surface area contributed by atoms with E-state index in [1.807, 2.05) is 27.7 Å². The highest BCUT2D eigenvalue weighted by molar-refractivity contribution is 7.64. The van der Waals surface area contributed by atoms with Gasteiger partial charge in [-0.3, -0.25) is 4.79 Å². The van der Waals surface area contributed by atoms with Crippen LogP contribution in [0.5, 0.6) is 0 Å². The van der Waals surface area contributed by atoms with Crippen LogP contribution in [0.25, 0.3) is 11.2 Å². The first-order valence-electron chi connectivity index (χ1n) is 13.0. The van der Waals surface area contributed by atoms with Crippen molar-refractivity contribution in [3.8, 4) is 0 Å². The standard InChI is InChI=1S/C23H26F2N5OP.2C2H6/c1-32(2)17-10-14(12-4-3-5-12)8-9-15(17)26-16-11-18(28-23(31)13-6-7-13)27-21-19(16)29-22(30-21)20(24)25;2*1-2/h8-13,20H,3-7H2,1-2H3,(H3,26,27,28,29,30,31);2*1-2H3. The summed E-state index contributed by atoms with van der Waals surface area (Å²) >= 11 is 0. The Bertz CT molecular complexity index is 1170. The summed E-state index contributed by atoms with van der Waals surface area (Å²) in [5.74, 6) is 0.427. The number of aromatic amines is 1. The van der Waals surface area contributed by atoms with Crippen molar-refractivity contribution >= 4 is 47.5 Å². The number of hydrogen-bond donors (Lipinski definition) is 3. The van der Waals surface area contributed by atoms with Gasteiger partial charge in [-0.2, -0.15) is 0 Å². The first-order chi connectivity index (χ1) is 17.4. The number of pyridine rings is 1. The van der Waals surface area contributed by atoms with Crippen molar-refractivity contribution in [1.82, 2.24) is 15.0 Å². The Labute approximate surface area is 213 Å². The second-order valence-electron chi connectivity index (χ2n) is 8.86. The van der Waals surface area contributed by atoms with Gasteiger partial charge in [0.15, 0.2) is 11.5 Å². The summed E-state index contributed by atoms with van der Waals surface area (Å²) in [6.45, 7) is 12.4. The fourth-order valence-corrected chi connectivity index (χ4v) is 5.03. The number of amides is 1. The number of anilines is 3. The van der Waals surface area contributed by atoms with Gasteiger partial charge in [0, 0.05) is 17.7 Å². The van der Waals surface area contributed by atoms with E-state index in [9.17, 15) is 13.6 Å². The molecule has 0 spiro atoms. The smallest absolute Gasteiger partial charge is 0.295 e. The first kappa shape index (κ1) is 28.0. The minimum absolute atomic E-state index is 0.00843. The van der Waals surface area contributed by atoms with E-state index >= 15 is 0 Å². The van der Waals surface area contributed by atoms with Crippen LogP contribution in [0, 0.1) is 5.92 Å². The van der Waals surface area contributed by atoms with E-state index in [4.69, 9.17) is 0 Å². The zero-order valence-corrected chi connectivity index (χ0v) is 23.0. The van der Waals surface area contributed by atoms with Crippen LogP contribution < -0.4 is 15.9 Å². The molecule has 5 rings (SSSR count). The summed E-state index contributed by atoms with van der Waals surface area (Å²) < 4.78 is 26.6. The number of rotatable bonds is 7. The van der Waals surface area contributed by atoms with E-state index < -0.39 is 20.2 Å². The summed E-state index contributed by atoms with van der Waals surface area (Å²) in [5.41, 5.74) is 3.42. The largest absolute Gasteiger partial charge is 0.353 e. The van der Waals surface area contributed by atoms with Gasteiger partial charge in [0.1, 0.15) is 11.3 Å². The summed E-state index contributed by atoms with van der Waals surface area (Å²) in [6, 6.07) is 8.20. The SMILES string of the molecule is CC.CC.CP(C)c1cc(C2CCC2)ccc1Nc1cc(NC(=O)C2CC2)nc2nc(C(F)F)[nH]c12. The van der Waals surface area contributed by atoms with E-state index in [1.54, 1.807) is 6.07 Å². The molecular weight excluding hydrogens is 479 g/mol. The molecule has 1 amide bonds. The second kappa shape index (κ2) is 12.6. The summed E-state index contributed by atoms with van der Waals surface area (Å²) in [4.78, 5) is 23.2. The molecule has 2 saturated carbocycles. The molecule has 0 aliphatic heterocycles. The van der Waals surface area contributed by atoms with Crippen LogP contribution in [0.1, 0.15) is 83.5 Å². The predicted molar refractivity (Wildman–Crippen MR) is 148 cm³/mol. The van der Waals surface area contributed by atoms with Crippen molar-refractivity contribution in [1.29, 1.82) is 0 Å². The van der Waals surface area contributed by atoms with E-state index in [1.165, 1.54) is 30.1 Å². The normalized spacial score (nSPS) is 15.1. The predicted octanol–water partition coefficient (Wildman–Crippen LogP) is 7.67. The van der Waals surface area contributed by atoms with E-state index in [0.717, 1.165) is 18.5 Å². The highest BCUT2D eigenvalue weighted by Crippen LogP contribution is 2.39. The molecule has 2 fully saturated rings. The minimum Gasteiger partial charge on any atom is -0.353 e. The highest BCUT2D eigenvalue weighted by atomic mass is 31.1. The van der Waals surface area contributed by atoms with Gasteiger partial charge in [0.05, 0.1) is 5.69 Å². The number of carbonyl (C=O) groups excluding carboxylic acids is 1. The van der Waals surface area contributed by atoms with Crippen LogP contribution in [0.15, 0.2) is 24.3 Å². The Balaban J connectivity index is 0.000000861. The van der Waals surface area contributed by atoms with Crippen LogP contribution in [-0.2, 0) is 4.79 Å². The average Bonchev–Trinajstić information content (AvgIpc) is 3.60.